The molecule has 1 aromatic carbocycles. The van der Waals surface area contributed by atoms with Gasteiger partial charge in [-0.05, 0) is 24.1 Å². The molecule has 90 valence electrons. The molecule has 0 radical (unpaired) electrons. The Bertz CT molecular complexity index is 318. The first-order valence-electron chi connectivity index (χ1n) is 5.17. The van der Waals surface area contributed by atoms with Crippen molar-refractivity contribution in [3.63, 3.8) is 0 Å². The van der Waals surface area contributed by atoms with Gasteiger partial charge in [-0.15, -0.1) is 0 Å². The topological polar surface area (TPSA) is 68.5 Å². The summed E-state index contributed by atoms with van der Waals surface area (Å²) in [6, 6.07) is 5.92. The standard InChI is InChI=1S/C11H19N3O2/c1-15-10-4-3-9(7-11(10)16-2)5-6-13-8-14-12/h3-4,7,13-14H,5-6,8,12H2,1-2H3. The minimum atomic E-state index is 0.604. The molecule has 5 heteroatoms. The highest BCUT2D eigenvalue weighted by molar-refractivity contribution is 5.42. The second kappa shape index (κ2) is 7.05. The fraction of sp³-hybridized carbons (Fsp3) is 0.455. The highest BCUT2D eigenvalue weighted by atomic mass is 16.5. The van der Waals surface area contributed by atoms with Crippen LogP contribution in [0.5, 0.6) is 11.5 Å². The third kappa shape index (κ3) is 3.69. The van der Waals surface area contributed by atoms with Gasteiger partial charge in [-0.25, -0.2) is 5.43 Å². The molecule has 0 saturated heterocycles. The lowest BCUT2D eigenvalue weighted by Crippen LogP contribution is -2.34. The maximum absolute atomic E-state index is 5.23. The summed E-state index contributed by atoms with van der Waals surface area (Å²) in [4.78, 5) is 0. The van der Waals surface area contributed by atoms with Gasteiger partial charge in [0.15, 0.2) is 11.5 Å². The number of hydrogen-bond donors (Lipinski definition) is 3. The summed E-state index contributed by atoms with van der Waals surface area (Å²) in [6.07, 6.45) is 0.919. The monoisotopic (exact) mass is 225 g/mol. The largest absolute Gasteiger partial charge is 0.493 e. The smallest absolute Gasteiger partial charge is 0.160 e. The van der Waals surface area contributed by atoms with Gasteiger partial charge in [0.05, 0.1) is 20.9 Å². The molecule has 0 spiro atoms. The van der Waals surface area contributed by atoms with E-state index in [1.54, 1.807) is 14.2 Å². The van der Waals surface area contributed by atoms with Crippen molar-refractivity contribution in [1.82, 2.24) is 10.7 Å². The Morgan fingerprint density at radius 3 is 2.56 bits per heavy atom. The van der Waals surface area contributed by atoms with Crippen molar-refractivity contribution in [3.8, 4) is 11.5 Å². The van der Waals surface area contributed by atoms with Crippen molar-refractivity contribution in [2.75, 3.05) is 27.4 Å². The fourth-order valence-corrected chi connectivity index (χ4v) is 1.43. The van der Waals surface area contributed by atoms with Gasteiger partial charge in [0.2, 0.25) is 0 Å². The summed E-state index contributed by atoms with van der Waals surface area (Å²) in [5.74, 6) is 6.66. The van der Waals surface area contributed by atoms with Crippen LogP contribution >= 0.6 is 0 Å². The van der Waals surface area contributed by atoms with E-state index in [0.717, 1.165) is 24.5 Å². The van der Waals surface area contributed by atoms with Gasteiger partial charge in [0.25, 0.3) is 0 Å². The van der Waals surface area contributed by atoms with Crippen molar-refractivity contribution >= 4 is 0 Å². The second-order valence-corrected chi connectivity index (χ2v) is 3.32. The maximum atomic E-state index is 5.23. The number of ether oxygens (including phenoxy) is 2. The number of hydrogen-bond acceptors (Lipinski definition) is 5. The molecule has 0 atom stereocenters. The van der Waals surface area contributed by atoms with Crippen LogP contribution in [0.4, 0.5) is 0 Å². The maximum Gasteiger partial charge on any atom is 0.160 e. The minimum absolute atomic E-state index is 0.604. The molecule has 0 unspecified atom stereocenters. The van der Waals surface area contributed by atoms with Crippen LogP contribution in [0.2, 0.25) is 0 Å². The van der Waals surface area contributed by atoms with E-state index in [1.807, 2.05) is 18.2 Å². The number of rotatable bonds is 7. The van der Waals surface area contributed by atoms with Gasteiger partial charge in [-0.1, -0.05) is 6.07 Å². The van der Waals surface area contributed by atoms with Crippen LogP contribution in [-0.4, -0.2) is 27.4 Å². The Morgan fingerprint density at radius 2 is 1.94 bits per heavy atom. The molecule has 0 aliphatic rings. The number of methoxy groups -OCH3 is 2. The second-order valence-electron chi connectivity index (χ2n) is 3.32. The Labute approximate surface area is 95.9 Å². The highest BCUT2D eigenvalue weighted by Crippen LogP contribution is 2.27. The molecule has 16 heavy (non-hydrogen) atoms. The van der Waals surface area contributed by atoms with Gasteiger partial charge >= 0.3 is 0 Å². The van der Waals surface area contributed by atoms with Crippen molar-refractivity contribution < 1.29 is 9.47 Å². The molecular formula is C11H19N3O2. The van der Waals surface area contributed by atoms with E-state index in [9.17, 15) is 0 Å². The first-order valence-corrected chi connectivity index (χ1v) is 5.17. The zero-order valence-electron chi connectivity index (χ0n) is 9.75. The van der Waals surface area contributed by atoms with Gasteiger partial charge < -0.3 is 14.8 Å². The zero-order valence-corrected chi connectivity index (χ0v) is 9.75. The van der Waals surface area contributed by atoms with Crippen molar-refractivity contribution in [2.24, 2.45) is 5.84 Å². The van der Waals surface area contributed by atoms with E-state index in [1.165, 1.54) is 5.56 Å². The Morgan fingerprint density at radius 1 is 1.19 bits per heavy atom. The molecule has 0 fully saturated rings. The molecular weight excluding hydrogens is 206 g/mol. The third-order valence-electron chi connectivity index (χ3n) is 2.27. The van der Waals surface area contributed by atoms with Gasteiger partial charge in [0.1, 0.15) is 0 Å². The van der Waals surface area contributed by atoms with Crippen LogP contribution in [0.15, 0.2) is 18.2 Å². The van der Waals surface area contributed by atoms with Crippen molar-refractivity contribution in [1.29, 1.82) is 0 Å². The molecule has 0 aliphatic carbocycles. The number of nitrogens with two attached hydrogens (primary N) is 1. The normalized spacial score (nSPS) is 10.2. The van der Waals surface area contributed by atoms with E-state index in [4.69, 9.17) is 15.3 Å². The summed E-state index contributed by atoms with van der Waals surface area (Å²) < 4.78 is 10.4. The summed E-state index contributed by atoms with van der Waals surface area (Å²) in [7, 11) is 3.27. The SMILES string of the molecule is COc1ccc(CCNCNN)cc1OC. The average Bonchev–Trinajstić information content (AvgIpc) is 2.34. The Balaban J connectivity index is 2.54. The number of benzene rings is 1. The molecule has 1 aromatic rings. The molecule has 0 saturated carbocycles. The molecule has 5 nitrogen and oxygen atoms in total. The lowest BCUT2D eigenvalue weighted by molar-refractivity contribution is 0.354. The fourth-order valence-electron chi connectivity index (χ4n) is 1.43. The van der Waals surface area contributed by atoms with Gasteiger partial charge in [-0.3, -0.25) is 5.84 Å². The molecule has 0 heterocycles. The molecule has 1 rings (SSSR count). The molecule has 0 aliphatic heterocycles. The minimum Gasteiger partial charge on any atom is -0.493 e. The van der Waals surface area contributed by atoms with Crippen LogP contribution in [0.1, 0.15) is 5.56 Å². The molecule has 0 aromatic heterocycles. The predicted octanol–water partition coefficient (Wildman–Crippen LogP) is 0.257. The van der Waals surface area contributed by atoms with E-state index in [0.29, 0.717) is 6.67 Å². The molecule has 0 bridgehead atoms. The number of hydrazine groups is 1. The quantitative estimate of drug-likeness (QED) is 0.269. The third-order valence-corrected chi connectivity index (χ3v) is 2.27. The van der Waals surface area contributed by atoms with Gasteiger partial charge in [0, 0.05) is 6.54 Å². The summed E-state index contributed by atoms with van der Waals surface area (Å²) in [6.45, 7) is 1.47. The first kappa shape index (κ1) is 12.8. The number of nitrogens with one attached hydrogen (secondary N) is 2. The Kier molecular flexibility index (Phi) is 5.63. The van der Waals surface area contributed by atoms with Crippen LogP contribution < -0.4 is 26.1 Å². The zero-order chi connectivity index (χ0) is 11.8. The highest BCUT2D eigenvalue weighted by Gasteiger charge is 2.03. The van der Waals surface area contributed by atoms with Crippen molar-refractivity contribution in [3.05, 3.63) is 23.8 Å². The van der Waals surface area contributed by atoms with Crippen molar-refractivity contribution in [2.45, 2.75) is 6.42 Å². The van der Waals surface area contributed by atoms with Crippen LogP contribution in [0.25, 0.3) is 0 Å². The van der Waals surface area contributed by atoms with E-state index in [-0.39, 0.29) is 0 Å². The van der Waals surface area contributed by atoms with E-state index >= 15 is 0 Å². The van der Waals surface area contributed by atoms with Crippen LogP contribution in [0.3, 0.4) is 0 Å². The Hall–Kier alpha value is -1.30. The average molecular weight is 225 g/mol. The van der Waals surface area contributed by atoms with Crippen LogP contribution in [-0.2, 0) is 6.42 Å². The van der Waals surface area contributed by atoms with E-state index < -0.39 is 0 Å². The van der Waals surface area contributed by atoms with Crippen LogP contribution in [0, 0.1) is 0 Å². The summed E-state index contributed by atoms with van der Waals surface area (Å²) in [5, 5.41) is 3.14. The molecule has 0 amide bonds. The summed E-state index contributed by atoms with van der Waals surface area (Å²) >= 11 is 0. The molecule has 4 N–H and O–H groups in total. The lowest BCUT2D eigenvalue weighted by Gasteiger charge is -2.09. The summed E-state index contributed by atoms with van der Waals surface area (Å²) in [5.41, 5.74) is 3.74. The first-order chi connectivity index (χ1) is 7.81. The van der Waals surface area contributed by atoms with E-state index in [2.05, 4.69) is 10.7 Å². The predicted molar refractivity (Wildman–Crippen MR) is 63.4 cm³/mol. The lowest BCUT2D eigenvalue weighted by atomic mass is 10.1. The van der Waals surface area contributed by atoms with Gasteiger partial charge in [-0.2, -0.15) is 0 Å².